The zero-order chi connectivity index (χ0) is 9.19. The van der Waals surface area contributed by atoms with Gasteiger partial charge in [-0.1, -0.05) is 20.8 Å². The van der Waals surface area contributed by atoms with Crippen molar-refractivity contribution in [2.75, 3.05) is 0 Å². The van der Waals surface area contributed by atoms with Crippen molar-refractivity contribution in [3.05, 3.63) is 18.4 Å². The van der Waals surface area contributed by atoms with Crippen molar-refractivity contribution in [1.82, 2.24) is 4.98 Å². The van der Waals surface area contributed by atoms with Crippen molar-refractivity contribution in [2.45, 2.75) is 27.2 Å². The van der Waals surface area contributed by atoms with Gasteiger partial charge in [0.05, 0.1) is 12.6 Å². The zero-order valence-electron chi connectivity index (χ0n) is 7.63. The van der Waals surface area contributed by atoms with Gasteiger partial charge in [0, 0.05) is 5.41 Å². The Hall–Kier alpha value is -1.12. The first-order chi connectivity index (χ1) is 5.50. The topological polar surface area (TPSA) is 43.1 Å². The third kappa shape index (κ3) is 2.19. The van der Waals surface area contributed by atoms with E-state index in [1.54, 1.807) is 6.20 Å². The summed E-state index contributed by atoms with van der Waals surface area (Å²) >= 11 is 0. The SMILES string of the molecule is CC(C)(C)C(=O)Cc1cnco1. The van der Waals surface area contributed by atoms with Crippen molar-refractivity contribution in [1.29, 1.82) is 0 Å². The van der Waals surface area contributed by atoms with Gasteiger partial charge in [0.1, 0.15) is 11.5 Å². The van der Waals surface area contributed by atoms with Crippen LogP contribution in [-0.2, 0) is 11.2 Å². The Morgan fingerprint density at radius 2 is 2.25 bits per heavy atom. The fraction of sp³-hybridized carbons (Fsp3) is 0.556. The molecule has 0 unspecified atom stereocenters. The molecule has 66 valence electrons. The summed E-state index contributed by atoms with van der Waals surface area (Å²) in [7, 11) is 0. The van der Waals surface area contributed by atoms with Gasteiger partial charge in [-0.05, 0) is 0 Å². The Bertz CT molecular complexity index is 257. The van der Waals surface area contributed by atoms with Crippen molar-refractivity contribution in [2.24, 2.45) is 5.41 Å². The minimum Gasteiger partial charge on any atom is -0.448 e. The maximum Gasteiger partial charge on any atom is 0.180 e. The molecule has 1 heterocycles. The predicted molar refractivity (Wildman–Crippen MR) is 44.7 cm³/mol. The molecule has 0 aliphatic rings. The Morgan fingerprint density at radius 3 is 2.67 bits per heavy atom. The molecule has 0 radical (unpaired) electrons. The largest absolute Gasteiger partial charge is 0.448 e. The molecular weight excluding hydrogens is 154 g/mol. The molecule has 1 aromatic rings. The van der Waals surface area contributed by atoms with E-state index in [1.165, 1.54) is 6.39 Å². The van der Waals surface area contributed by atoms with Crippen LogP contribution in [0, 0.1) is 5.41 Å². The lowest BCUT2D eigenvalue weighted by molar-refractivity contribution is -0.125. The molecule has 0 atom stereocenters. The molecule has 0 fully saturated rings. The first-order valence-electron chi connectivity index (χ1n) is 3.91. The molecule has 0 bridgehead atoms. The highest BCUT2D eigenvalue weighted by Crippen LogP contribution is 2.17. The molecule has 0 aliphatic carbocycles. The second kappa shape index (κ2) is 3.09. The first kappa shape index (κ1) is 8.97. The van der Waals surface area contributed by atoms with Crippen molar-refractivity contribution in [3.63, 3.8) is 0 Å². The van der Waals surface area contributed by atoms with E-state index >= 15 is 0 Å². The zero-order valence-corrected chi connectivity index (χ0v) is 7.63. The van der Waals surface area contributed by atoms with Gasteiger partial charge >= 0.3 is 0 Å². The number of oxazole rings is 1. The molecule has 3 heteroatoms. The summed E-state index contributed by atoms with van der Waals surface area (Å²) in [6.07, 6.45) is 3.25. The lowest BCUT2D eigenvalue weighted by atomic mass is 9.88. The van der Waals surface area contributed by atoms with Gasteiger partial charge < -0.3 is 4.42 Å². The highest BCUT2D eigenvalue weighted by atomic mass is 16.3. The van der Waals surface area contributed by atoms with Crippen LogP contribution < -0.4 is 0 Å². The van der Waals surface area contributed by atoms with Gasteiger partial charge in [-0.2, -0.15) is 0 Å². The van der Waals surface area contributed by atoms with Crippen molar-refractivity contribution < 1.29 is 9.21 Å². The molecule has 0 amide bonds. The van der Waals surface area contributed by atoms with E-state index in [4.69, 9.17) is 4.42 Å². The van der Waals surface area contributed by atoms with Crippen LogP contribution in [0.15, 0.2) is 17.0 Å². The normalized spacial score (nSPS) is 11.6. The summed E-state index contributed by atoms with van der Waals surface area (Å²) in [6.45, 7) is 5.68. The standard InChI is InChI=1S/C9H13NO2/c1-9(2,3)8(11)4-7-5-10-6-12-7/h5-6H,4H2,1-3H3. The average molecular weight is 167 g/mol. The molecule has 3 nitrogen and oxygen atoms in total. The molecule has 0 saturated heterocycles. The summed E-state index contributed by atoms with van der Waals surface area (Å²) in [4.78, 5) is 15.2. The quantitative estimate of drug-likeness (QED) is 0.674. The lowest BCUT2D eigenvalue weighted by Crippen LogP contribution is -2.21. The summed E-state index contributed by atoms with van der Waals surface area (Å²) in [5.74, 6) is 0.800. The van der Waals surface area contributed by atoms with E-state index in [-0.39, 0.29) is 11.2 Å². The Balaban J connectivity index is 2.60. The van der Waals surface area contributed by atoms with Gasteiger partial charge in [0.15, 0.2) is 6.39 Å². The first-order valence-corrected chi connectivity index (χ1v) is 3.91. The number of nitrogens with zero attached hydrogens (tertiary/aromatic N) is 1. The number of ketones is 1. The molecular formula is C9H13NO2. The monoisotopic (exact) mass is 167 g/mol. The summed E-state index contributed by atoms with van der Waals surface area (Å²) in [5, 5.41) is 0. The Morgan fingerprint density at radius 1 is 1.58 bits per heavy atom. The van der Waals surface area contributed by atoms with E-state index in [1.807, 2.05) is 20.8 Å². The van der Waals surface area contributed by atoms with Gasteiger partial charge in [-0.3, -0.25) is 4.79 Å². The lowest BCUT2D eigenvalue weighted by Gasteiger charge is -2.14. The third-order valence-electron chi connectivity index (χ3n) is 1.65. The van der Waals surface area contributed by atoms with E-state index in [0.717, 1.165) is 0 Å². The van der Waals surface area contributed by atoms with Crippen LogP contribution in [0.5, 0.6) is 0 Å². The number of rotatable bonds is 2. The molecule has 1 rings (SSSR count). The highest BCUT2D eigenvalue weighted by Gasteiger charge is 2.21. The molecule has 12 heavy (non-hydrogen) atoms. The second-order valence-corrected chi connectivity index (χ2v) is 3.82. The second-order valence-electron chi connectivity index (χ2n) is 3.82. The van der Waals surface area contributed by atoms with Crippen LogP contribution in [0.1, 0.15) is 26.5 Å². The van der Waals surface area contributed by atoms with Crippen LogP contribution in [0.4, 0.5) is 0 Å². The fourth-order valence-electron chi connectivity index (χ4n) is 0.753. The van der Waals surface area contributed by atoms with E-state index < -0.39 is 0 Å². The van der Waals surface area contributed by atoms with Gasteiger partial charge in [0.2, 0.25) is 0 Å². The van der Waals surface area contributed by atoms with E-state index in [0.29, 0.717) is 12.2 Å². The number of hydrogen-bond donors (Lipinski definition) is 0. The van der Waals surface area contributed by atoms with Crippen LogP contribution in [0.25, 0.3) is 0 Å². The van der Waals surface area contributed by atoms with Gasteiger partial charge in [0.25, 0.3) is 0 Å². The molecule has 0 aromatic carbocycles. The third-order valence-corrected chi connectivity index (χ3v) is 1.65. The summed E-state index contributed by atoms with van der Waals surface area (Å²) in [5.41, 5.74) is -0.299. The van der Waals surface area contributed by atoms with Crippen LogP contribution in [-0.4, -0.2) is 10.8 Å². The van der Waals surface area contributed by atoms with Crippen molar-refractivity contribution in [3.8, 4) is 0 Å². The fourth-order valence-corrected chi connectivity index (χ4v) is 0.753. The highest BCUT2D eigenvalue weighted by molar-refractivity contribution is 5.85. The minimum atomic E-state index is -0.299. The molecule has 1 aromatic heterocycles. The molecule has 0 spiro atoms. The predicted octanol–water partition coefficient (Wildman–Crippen LogP) is 1.83. The van der Waals surface area contributed by atoms with E-state index in [9.17, 15) is 4.79 Å². The maximum atomic E-state index is 11.4. The summed E-state index contributed by atoms with van der Waals surface area (Å²) in [6, 6.07) is 0. The number of hydrogen-bond acceptors (Lipinski definition) is 3. The maximum absolute atomic E-state index is 11.4. The van der Waals surface area contributed by atoms with Crippen molar-refractivity contribution >= 4 is 5.78 Å². The number of carbonyl (C=O) groups excluding carboxylic acids is 1. The van der Waals surface area contributed by atoms with E-state index in [2.05, 4.69) is 4.98 Å². The number of aromatic nitrogens is 1. The molecule has 0 aliphatic heterocycles. The number of carbonyl (C=O) groups is 1. The van der Waals surface area contributed by atoms with Crippen LogP contribution in [0.2, 0.25) is 0 Å². The Labute approximate surface area is 71.8 Å². The summed E-state index contributed by atoms with van der Waals surface area (Å²) < 4.78 is 4.97. The smallest absolute Gasteiger partial charge is 0.180 e. The van der Waals surface area contributed by atoms with Gasteiger partial charge in [-0.15, -0.1) is 0 Å². The van der Waals surface area contributed by atoms with Crippen LogP contribution >= 0.6 is 0 Å². The number of Topliss-reactive ketones (excluding diaryl/α,β-unsaturated/α-hetero) is 1. The minimum absolute atomic E-state index is 0.166. The van der Waals surface area contributed by atoms with Gasteiger partial charge in [-0.25, -0.2) is 4.98 Å². The molecule has 0 N–H and O–H groups in total. The van der Waals surface area contributed by atoms with Crippen LogP contribution in [0.3, 0.4) is 0 Å². The Kier molecular flexibility index (Phi) is 2.31. The average Bonchev–Trinajstić information content (AvgIpc) is 2.37. The molecule has 0 saturated carbocycles.